The molecule has 2 aromatic carbocycles. The van der Waals surface area contributed by atoms with Gasteiger partial charge >= 0.3 is 5.63 Å². The molecule has 0 aliphatic carbocycles. The van der Waals surface area contributed by atoms with E-state index < -0.39 is 11.5 Å². The van der Waals surface area contributed by atoms with Crippen LogP contribution in [0.3, 0.4) is 0 Å². The van der Waals surface area contributed by atoms with Gasteiger partial charge in [-0.25, -0.2) is 4.79 Å². The molecule has 120 valence electrons. The topological polar surface area (TPSA) is 59.3 Å². The van der Waals surface area contributed by atoms with Crippen molar-refractivity contribution < 1.29 is 9.21 Å². The van der Waals surface area contributed by atoms with Gasteiger partial charge in [0.2, 0.25) is 0 Å². The molecule has 4 nitrogen and oxygen atoms in total. The zero-order valence-electron chi connectivity index (χ0n) is 12.3. The minimum atomic E-state index is -0.634. The lowest BCUT2D eigenvalue weighted by molar-refractivity contribution is 0.102. The molecule has 0 radical (unpaired) electrons. The van der Waals surface area contributed by atoms with Crippen molar-refractivity contribution in [1.29, 1.82) is 0 Å². The number of nitrogens with one attached hydrogen (secondary N) is 1. The molecule has 1 aromatic heterocycles. The van der Waals surface area contributed by atoms with Gasteiger partial charge in [0.05, 0.1) is 0 Å². The minimum Gasteiger partial charge on any atom is -0.421 e. The van der Waals surface area contributed by atoms with Crippen LogP contribution >= 0.6 is 23.2 Å². The largest absolute Gasteiger partial charge is 0.421 e. The molecule has 24 heavy (non-hydrogen) atoms. The first-order chi connectivity index (χ1) is 11.5. The fourth-order valence-corrected chi connectivity index (χ4v) is 2.33. The molecule has 0 unspecified atom stereocenters. The Labute approximate surface area is 147 Å². The van der Waals surface area contributed by atoms with Crippen LogP contribution in [-0.4, -0.2) is 5.91 Å². The van der Waals surface area contributed by atoms with Crippen molar-refractivity contribution in [3.8, 4) is 11.3 Å². The number of rotatable bonds is 3. The Bertz CT molecular complexity index is 932. The Hall–Kier alpha value is -2.56. The number of hydrogen-bond donors (Lipinski definition) is 1. The van der Waals surface area contributed by atoms with Crippen LogP contribution in [-0.2, 0) is 0 Å². The molecule has 6 heteroatoms. The quantitative estimate of drug-likeness (QED) is 0.725. The van der Waals surface area contributed by atoms with Crippen molar-refractivity contribution in [2.45, 2.75) is 0 Å². The Morgan fingerprint density at radius 3 is 2.00 bits per heavy atom. The number of benzene rings is 2. The first-order valence-electron chi connectivity index (χ1n) is 7.00. The molecular weight excluding hydrogens is 349 g/mol. The summed E-state index contributed by atoms with van der Waals surface area (Å²) in [4.78, 5) is 24.2. The monoisotopic (exact) mass is 359 g/mol. The molecule has 1 amide bonds. The maximum atomic E-state index is 12.1. The maximum absolute atomic E-state index is 12.1. The Morgan fingerprint density at radius 1 is 0.833 bits per heavy atom. The highest BCUT2D eigenvalue weighted by Crippen LogP contribution is 2.21. The fourth-order valence-electron chi connectivity index (χ4n) is 2.07. The fraction of sp³-hybridized carbons (Fsp3) is 0. The lowest BCUT2D eigenvalue weighted by atomic mass is 10.1. The molecule has 0 fully saturated rings. The van der Waals surface area contributed by atoms with Crippen molar-refractivity contribution in [2.24, 2.45) is 0 Å². The van der Waals surface area contributed by atoms with Crippen LogP contribution < -0.4 is 10.9 Å². The molecule has 0 saturated carbocycles. The number of carbonyl (C=O) groups excluding carboxylic acids is 1. The maximum Gasteiger partial charge on any atom is 0.360 e. The average Bonchev–Trinajstić information content (AvgIpc) is 2.58. The standard InChI is InChI=1S/C18H11Cl2NO3/c19-13-5-1-11(2-6-13)16-10-9-15(18(23)24-16)21-17(22)12-3-7-14(20)8-4-12/h1-10H,(H,21,22). The van der Waals surface area contributed by atoms with Gasteiger partial charge in [0, 0.05) is 21.2 Å². The molecule has 3 aromatic rings. The van der Waals surface area contributed by atoms with Crippen molar-refractivity contribution in [3.05, 3.63) is 86.7 Å². The summed E-state index contributed by atoms with van der Waals surface area (Å²) in [6.07, 6.45) is 0. The molecule has 0 spiro atoms. The van der Waals surface area contributed by atoms with E-state index in [0.29, 0.717) is 26.9 Å². The summed E-state index contributed by atoms with van der Waals surface area (Å²) in [5, 5.41) is 3.64. The summed E-state index contributed by atoms with van der Waals surface area (Å²) in [5.74, 6) is -0.0284. The second-order valence-electron chi connectivity index (χ2n) is 4.97. The van der Waals surface area contributed by atoms with Crippen LogP contribution in [0, 0.1) is 0 Å². The molecule has 1 N–H and O–H groups in total. The first kappa shape index (κ1) is 16.3. The van der Waals surface area contributed by atoms with E-state index in [1.165, 1.54) is 6.07 Å². The predicted molar refractivity (Wildman–Crippen MR) is 94.8 cm³/mol. The van der Waals surface area contributed by atoms with E-state index in [9.17, 15) is 9.59 Å². The lowest BCUT2D eigenvalue weighted by Crippen LogP contribution is -2.17. The highest BCUT2D eigenvalue weighted by molar-refractivity contribution is 6.31. The third-order valence-corrected chi connectivity index (χ3v) is 3.81. The predicted octanol–water partition coefficient (Wildman–Crippen LogP) is 4.87. The van der Waals surface area contributed by atoms with E-state index in [-0.39, 0.29) is 5.69 Å². The third-order valence-electron chi connectivity index (χ3n) is 3.31. The SMILES string of the molecule is O=C(Nc1ccc(-c2ccc(Cl)cc2)oc1=O)c1ccc(Cl)cc1. The molecule has 3 rings (SSSR count). The zero-order chi connectivity index (χ0) is 17.1. The molecule has 0 aliphatic rings. The smallest absolute Gasteiger partial charge is 0.360 e. The minimum absolute atomic E-state index is 0.0627. The summed E-state index contributed by atoms with van der Waals surface area (Å²) in [7, 11) is 0. The van der Waals surface area contributed by atoms with Gasteiger partial charge in [-0.05, 0) is 60.7 Å². The van der Waals surface area contributed by atoms with Gasteiger partial charge in [-0.2, -0.15) is 0 Å². The molecule has 0 aliphatic heterocycles. The second kappa shape index (κ2) is 6.91. The van der Waals surface area contributed by atoms with E-state index in [1.807, 2.05) is 0 Å². The number of halogens is 2. The van der Waals surface area contributed by atoms with Gasteiger partial charge in [-0.1, -0.05) is 23.2 Å². The van der Waals surface area contributed by atoms with Gasteiger partial charge in [0.15, 0.2) is 0 Å². The molecular formula is C18H11Cl2NO3. The Morgan fingerprint density at radius 2 is 1.42 bits per heavy atom. The van der Waals surface area contributed by atoms with Gasteiger partial charge in [-0.3, -0.25) is 4.79 Å². The highest BCUT2D eigenvalue weighted by Gasteiger charge is 2.11. The number of hydrogen-bond acceptors (Lipinski definition) is 3. The van der Waals surface area contributed by atoms with Crippen LogP contribution in [0.2, 0.25) is 10.0 Å². The van der Waals surface area contributed by atoms with Gasteiger partial charge in [-0.15, -0.1) is 0 Å². The third kappa shape index (κ3) is 3.67. The summed E-state index contributed by atoms with van der Waals surface area (Å²) in [6.45, 7) is 0. The van der Waals surface area contributed by atoms with Gasteiger partial charge in [0.25, 0.3) is 5.91 Å². The van der Waals surface area contributed by atoms with Crippen LogP contribution in [0.1, 0.15) is 10.4 Å². The van der Waals surface area contributed by atoms with Crippen molar-refractivity contribution >= 4 is 34.8 Å². The summed E-state index contributed by atoms with van der Waals surface area (Å²) >= 11 is 11.6. The Balaban J connectivity index is 1.82. The zero-order valence-corrected chi connectivity index (χ0v) is 13.8. The normalized spacial score (nSPS) is 10.4. The average molecular weight is 360 g/mol. The van der Waals surface area contributed by atoms with Crippen LogP contribution in [0.15, 0.2) is 69.9 Å². The molecule has 0 bridgehead atoms. The summed E-state index contributed by atoms with van der Waals surface area (Å²) in [6, 6.07) is 16.3. The van der Waals surface area contributed by atoms with Crippen molar-refractivity contribution in [2.75, 3.05) is 5.32 Å². The first-order valence-corrected chi connectivity index (χ1v) is 7.75. The lowest BCUT2D eigenvalue weighted by Gasteiger charge is -2.05. The van der Waals surface area contributed by atoms with Gasteiger partial charge in [0.1, 0.15) is 11.4 Å². The molecule has 1 heterocycles. The van der Waals surface area contributed by atoms with Crippen LogP contribution in [0.5, 0.6) is 0 Å². The number of amides is 1. The van der Waals surface area contributed by atoms with E-state index in [0.717, 1.165) is 0 Å². The van der Waals surface area contributed by atoms with Crippen LogP contribution in [0.4, 0.5) is 5.69 Å². The summed E-state index contributed by atoms with van der Waals surface area (Å²) < 4.78 is 5.26. The number of anilines is 1. The van der Waals surface area contributed by atoms with Crippen molar-refractivity contribution in [3.63, 3.8) is 0 Å². The van der Waals surface area contributed by atoms with Crippen LogP contribution in [0.25, 0.3) is 11.3 Å². The second-order valence-corrected chi connectivity index (χ2v) is 5.84. The van der Waals surface area contributed by atoms with E-state index in [2.05, 4.69) is 5.32 Å². The van der Waals surface area contributed by atoms with E-state index in [1.54, 1.807) is 54.6 Å². The highest BCUT2D eigenvalue weighted by atomic mass is 35.5. The van der Waals surface area contributed by atoms with E-state index >= 15 is 0 Å². The number of carbonyl (C=O) groups is 1. The van der Waals surface area contributed by atoms with E-state index in [4.69, 9.17) is 27.6 Å². The molecule has 0 atom stereocenters. The van der Waals surface area contributed by atoms with Gasteiger partial charge < -0.3 is 9.73 Å². The summed E-state index contributed by atoms with van der Waals surface area (Å²) in [5.41, 5.74) is 0.532. The molecule has 0 saturated heterocycles. The Kier molecular flexibility index (Phi) is 4.69. The van der Waals surface area contributed by atoms with Crippen molar-refractivity contribution in [1.82, 2.24) is 0 Å².